The summed E-state index contributed by atoms with van der Waals surface area (Å²) in [4.78, 5) is 5.25. The first-order chi connectivity index (χ1) is 7.24. The van der Waals surface area contributed by atoms with Gasteiger partial charge in [0.2, 0.25) is 11.1 Å². The summed E-state index contributed by atoms with van der Waals surface area (Å²) < 4.78 is 16.1. The molecular formula is C11H12O3S. The van der Waals surface area contributed by atoms with Crippen LogP contribution in [0.15, 0.2) is 29.2 Å². The molecule has 15 heavy (non-hydrogen) atoms. The van der Waals surface area contributed by atoms with E-state index in [1.165, 1.54) is 0 Å². The van der Waals surface area contributed by atoms with E-state index in [4.69, 9.17) is 6.42 Å². The lowest BCUT2D eigenvalue weighted by Crippen LogP contribution is -2.00. The number of terminal acetylenes is 1. The lowest BCUT2D eigenvalue weighted by atomic mass is 10.2. The van der Waals surface area contributed by atoms with Crippen molar-refractivity contribution in [1.29, 1.82) is 0 Å². The average Bonchev–Trinajstić information content (AvgIpc) is 2.25. The average molecular weight is 224 g/mol. The minimum absolute atomic E-state index is 0.244. The maximum atomic E-state index is 11.4. The van der Waals surface area contributed by atoms with Gasteiger partial charge in [0.15, 0.2) is 0 Å². The molecule has 0 N–H and O–H groups in total. The molecule has 0 saturated carbocycles. The SMILES string of the molecule is C#CCCOOS(=O)c1ccc(C)cc1. The van der Waals surface area contributed by atoms with Gasteiger partial charge < -0.3 is 0 Å². The number of rotatable bonds is 5. The minimum Gasteiger partial charge on any atom is -0.221 e. The molecule has 1 rings (SSSR count). The van der Waals surface area contributed by atoms with Gasteiger partial charge in [0.1, 0.15) is 0 Å². The third-order valence-electron chi connectivity index (χ3n) is 1.65. The molecular weight excluding hydrogens is 212 g/mol. The van der Waals surface area contributed by atoms with Crippen LogP contribution in [0.3, 0.4) is 0 Å². The standard InChI is InChI=1S/C11H12O3S/c1-3-4-9-13-14-15(12)11-7-5-10(2)6-8-11/h1,5-8H,4,9H2,2H3. The molecule has 0 amide bonds. The lowest BCUT2D eigenvalue weighted by molar-refractivity contribution is -0.194. The van der Waals surface area contributed by atoms with Crippen molar-refractivity contribution in [1.82, 2.24) is 0 Å². The van der Waals surface area contributed by atoms with Gasteiger partial charge in [-0.05, 0) is 19.1 Å². The highest BCUT2D eigenvalue weighted by atomic mass is 32.2. The summed E-state index contributed by atoms with van der Waals surface area (Å²) in [5, 5.41) is 0. The molecule has 0 heterocycles. The molecule has 4 heteroatoms. The second kappa shape index (κ2) is 6.36. The molecule has 0 aliphatic carbocycles. The van der Waals surface area contributed by atoms with Gasteiger partial charge in [-0.1, -0.05) is 17.7 Å². The van der Waals surface area contributed by atoms with Crippen molar-refractivity contribution in [3.63, 3.8) is 0 Å². The number of hydrogen-bond acceptors (Lipinski definition) is 3. The van der Waals surface area contributed by atoms with Gasteiger partial charge in [-0.2, -0.15) is 0 Å². The molecule has 0 aromatic heterocycles. The minimum atomic E-state index is -1.59. The number of aryl methyl sites for hydroxylation is 1. The summed E-state index contributed by atoms with van der Waals surface area (Å²) >= 11 is -1.59. The van der Waals surface area contributed by atoms with Crippen LogP contribution >= 0.6 is 0 Å². The summed E-state index contributed by atoms with van der Waals surface area (Å²) in [6.45, 7) is 2.20. The molecule has 80 valence electrons. The Bertz CT molecular complexity index is 364. The van der Waals surface area contributed by atoms with E-state index in [9.17, 15) is 4.21 Å². The third kappa shape index (κ3) is 4.26. The van der Waals surface area contributed by atoms with Crippen LogP contribution in [0.1, 0.15) is 12.0 Å². The molecule has 0 bridgehead atoms. The Kier molecular flexibility index (Phi) is 5.05. The first-order valence-corrected chi connectivity index (χ1v) is 5.53. The fourth-order valence-electron chi connectivity index (χ4n) is 0.867. The van der Waals surface area contributed by atoms with E-state index >= 15 is 0 Å². The van der Waals surface area contributed by atoms with Gasteiger partial charge in [0, 0.05) is 6.42 Å². The van der Waals surface area contributed by atoms with Crippen molar-refractivity contribution >= 4 is 11.1 Å². The van der Waals surface area contributed by atoms with E-state index < -0.39 is 11.1 Å². The van der Waals surface area contributed by atoms with Crippen LogP contribution in [0.2, 0.25) is 0 Å². The van der Waals surface area contributed by atoms with Gasteiger partial charge in [-0.25, -0.2) is 9.10 Å². The predicted molar refractivity (Wildman–Crippen MR) is 58.1 cm³/mol. The zero-order chi connectivity index (χ0) is 11.1. The fraction of sp³-hybridized carbons (Fsp3) is 0.273. The van der Waals surface area contributed by atoms with Crippen LogP contribution in [-0.4, -0.2) is 10.8 Å². The van der Waals surface area contributed by atoms with Gasteiger partial charge in [0.05, 0.1) is 11.5 Å². The van der Waals surface area contributed by atoms with E-state index in [2.05, 4.69) is 15.1 Å². The van der Waals surface area contributed by atoms with Crippen molar-refractivity contribution in [2.24, 2.45) is 0 Å². The Hall–Kier alpha value is -1.15. The third-order valence-corrected chi connectivity index (χ3v) is 2.53. The zero-order valence-electron chi connectivity index (χ0n) is 8.43. The van der Waals surface area contributed by atoms with E-state index in [1.807, 2.05) is 19.1 Å². The Morgan fingerprint density at radius 3 is 2.67 bits per heavy atom. The second-order valence-corrected chi connectivity index (χ2v) is 3.97. The Balaban J connectivity index is 2.41. The fourth-order valence-corrected chi connectivity index (χ4v) is 1.46. The Morgan fingerprint density at radius 1 is 1.40 bits per heavy atom. The first kappa shape index (κ1) is 11.9. The van der Waals surface area contributed by atoms with Gasteiger partial charge in [-0.3, -0.25) is 0 Å². The molecule has 0 fully saturated rings. The van der Waals surface area contributed by atoms with Crippen LogP contribution in [0.25, 0.3) is 0 Å². The molecule has 1 aromatic rings. The highest BCUT2D eigenvalue weighted by molar-refractivity contribution is 7.80. The molecule has 0 aliphatic heterocycles. The molecule has 1 aromatic carbocycles. The van der Waals surface area contributed by atoms with Crippen LogP contribution in [0.5, 0.6) is 0 Å². The van der Waals surface area contributed by atoms with Crippen LogP contribution in [0, 0.1) is 19.3 Å². The second-order valence-electron chi connectivity index (χ2n) is 2.89. The zero-order valence-corrected chi connectivity index (χ0v) is 9.25. The van der Waals surface area contributed by atoms with Crippen molar-refractivity contribution in [2.75, 3.05) is 6.61 Å². The molecule has 0 aliphatic rings. The maximum Gasteiger partial charge on any atom is 0.220 e. The number of benzene rings is 1. The van der Waals surface area contributed by atoms with Crippen LogP contribution in [-0.2, 0) is 20.3 Å². The van der Waals surface area contributed by atoms with Gasteiger partial charge in [0.25, 0.3) is 0 Å². The van der Waals surface area contributed by atoms with Crippen LogP contribution in [0.4, 0.5) is 0 Å². The maximum absolute atomic E-state index is 11.4. The topological polar surface area (TPSA) is 35.5 Å². The highest BCUT2D eigenvalue weighted by Gasteiger charge is 2.04. The normalized spacial score (nSPS) is 12.0. The Morgan fingerprint density at radius 2 is 2.07 bits per heavy atom. The summed E-state index contributed by atoms with van der Waals surface area (Å²) in [5.41, 5.74) is 1.10. The van der Waals surface area contributed by atoms with E-state index in [-0.39, 0.29) is 6.61 Å². The van der Waals surface area contributed by atoms with Crippen LogP contribution < -0.4 is 0 Å². The summed E-state index contributed by atoms with van der Waals surface area (Å²) in [6.07, 6.45) is 5.45. The quantitative estimate of drug-likeness (QED) is 0.332. The highest BCUT2D eigenvalue weighted by Crippen LogP contribution is 2.09. The first-order valence-electron chi connectivity index (χ1n) is 4.46. The van der Waals surface area contributed by atoms with E-state index in [0.29, 0.717) is 11.3 Å². The van der Waals surface area contributed by atoms with Crippen molar-refractivity contribution < 1.29 is 13.4 Å². The van der Waals surface area contributed by atoms with Crippen molar-refractivity contribution in [2.45, 2.75) is 18.2 Å². The monoisotopic (exact) mass is 224 g/mol. The van der Waals surface area contributed by atoms with E-state index in [0.717, 1.165) is 5.56 Å². The van der Waals surface area contributed by atoms with Crippen molar-refractivity contribution in [3.8, 4) is 12.3 Å². The van der Waals surface area contributed by atoms with Gasteiger partial charge >= 0.3 is 0 Å². The smallest absolute Gasteiger partial charge is 0.220 e. The number of hydrogen-bond donors (Lipinski definition) is 0. The molecule has 0 saturated heterocycles. The summed E-state index contributed by atoms with van der Waals surface area (Å²) in [6, 6.07) is 7.18. The molecule has 1 unspecified atom stereocenters. The molecule has 1 atom stereocenters. The predicted octanol–water partition coefficient (Wildman–Crippen LogP) is 1.99. The lowest BCUT2D eigenvalue weighted by Gasteiger charge is -2.01. The summed E-state index contributed by atoms with van der Waals surface area (Å²) in [7, 11) is 0. The van der Waals surface area contributed by atoms with E-state index in [1.54, 1.807) is 12.1 Å². The van der Waals surface area contributed by atoms with Crippen molar-refractivity contribution in [3.05, 3.63) is 29.8 Å². The molecule has 0 radical (unpaired) electrons. The molecule has 3 nitrogen and oxygen atoms in total. The molecule has 0 spiro atoms. The van der Waals surface area contributed by atoms with Gasteiger partial charge in [-0.15, -0.1) is 16.7 Å². The largest absolute Gasteiger partial charge is 0.221 e. The Labute approximate surface area is 92.0 Å². The summed E-state index contributed by atoms with van der Waals surface area (Å²) in [5.74, 6) is 2.38.